The second-order valence-corrected chi connectivity index (χ2v) is 6.01. The highest BCUT2D eigenvalue weighted by Gasteiger charge is 2.40. The molecule has 3 nitrogen and oxygen atoms in total. The average molecular weight is 362 g/mol. The minimum atomic E-state index is -0.273. The molecule has 90 valence electrons. The van der Waals surface area contributed by atoms with Crippen molar-refractivity contribution in [3.05, 3.63) is 28.8 Å². The van der Waals surface area contributed by atoms with Gasteiger partial charge in [0, 0.05) is 11.1 Å². The van der Waals surface area contributed by atoms with E-state index in [4.69, 9.17) is 9.47 Å². The third-order valence-electron chi connectivity index (χ3n) is 3.15. The van der Waals surface area contributed by atoms with E-state index in [2.05, 4.69) is 31.9 Å². The first-order valence-corrected chi connectivity index (χ1v) is 7.29. The lowest BCUT2D eigenvalue weighted by atomic mass is 9.99. The maximum atomic E-state index is 11.9. The van der Waals surface area contributed by atoms with E-state index in [1.54, 1.807) is 0 Å². The Morgan fingerprint density at radius 1 is 1.24 bits per heavy atom. The number of carbonyl (C=O) groups is 1. The number of alkyl halides is 2. The molecule has 3 rings (SSSR count). The lowest BCUT2D eigenvalue weighted by molar-refractivity contribution is 0.0377. The summed E-state index contributed by atoms with van der Waals surface area (Å²) < 4.78 is 11.0. The van der Waals surface area contributed by atoms with Gasteiger partial charge in [0.05, 0.1) is 4.83 Å². The van der Waals surface area contributed by atoms with E-state index in [0.29, 0.717) is 11.3 Å². The van der Waals surface area contributed by atoms with Gasteiger partial charge in [-0.2, -0.15) is 0 Å². The van der Waals surface area contributed by atoms with Crippen molar-refractivity contribution in [3.63, 3.8) is 0 Å². The number of rotatable bonds is 1. The zero-order valence-corrected chi connectivity index (χ0v) is 12.2. The van der Waals surface area contributed by atoms with E-state index >= 15 is 0 Å². The fourth-order valence-electron chi connectivity index (χ4n) is 2.31. The molecule has 0 aromatic heterocycles. The van der Waals surface area contributed by atoms with Crippen LogP contribution in [-0.2, 0) is 4.74 Å². The fraction of sp³-hybridized carbons (Fsp3) is 0.417. The monoisotopic (exact) mass is 360 g/mol. The maximum absolute atomic E-state index is 11.9. The first-order chi connectivity index (χ1) is 8.13. The summed E-state index contributed by atoms with van der Waals surface area (Å²) in [7, 11) is 0. The third-order valence-corrected chi connectivity index (χ3v) is 5.55. The van der Waals surface area contributed by atoms with Crippen LogP contribution in [0.4, 0.5) is 0 Å². The number of carbonyl (C=O) groups excluding carboxylic acids is 1. The first-order valence-electron chi connectivity index (χ1n) is 5.46. The Morgan fingerprint density at radius 2 is 1.94 bits per heavy atom. The van der Waals surface area contributed by atoms with Gasteiger partial charge in [0.2, 0.25) is 0 Å². The largest absolute Gasteiger partial charge is 0.476 e. The summed E-state index contributed by atoms with van der Waals surface area (Å²) in [5, 5.41) is -0.141. The van der Waals surface area contributed by atoms with Crippen molar-refractivity contribution in [3.8, 4) is 5.75 Å². The van der Waals surface area contributed by atoms with Crippen LogP contribution in [0, 0.1) is 0 Å². The van der Waals surface area contributed by atoms with Gasteiger partial charge in [-0.05, 0) is 22.4 Å². The van der Waals surface area contributed by atoms with Crippen LogP contribution in [0.5, 0.6) is 5.75 Å². The molecule has 0 saturated carbocycles. The van der Waals surface area contributed by atoms with E-state index in [1.807, 2.05) is 19.1 Å². The normalized spacial score (nSPS) is 29.6. The Bertz CT molecular complexity index is 501. The number of fused-ring (bicyclic) bond motifs is 3. The molecular formula is C12H10Br2O3. The molecule has 0 saturated heterocycles. The van der Waals surface area contributed by atoms with Gasteiger partial charge in [-0.15, -0.1) is 0 Å². The number of ether oxygens (including phenoxy) is 2. The molecule has 2 aliphatic rings. The van der Waals surface area contributed by atoms with Crippen molar-refractivity contribution in [1.29, 1.82) is 0 Å². The van der Waals surface area contributed by atoms with E-state index in [1.165, 1.54) is 0 Å². The van der Waals surface area contributed by atoms with Crippen molar-refractivity contribution in [2.45, 2.75) is 29.3 Å². The van der Waals surface area contributed by atoms with E-state index in [-0.39, 0.29) is 21.9 Å². The van der Waals surface area contributed by atoms with Crippen LogP contribution in [-0.4, -0.2) is 11.0 Å². The lowest BCUT2D eigenvalue weighted by Crippen LogP contribution is -2.05. The second-order valence-electron chi connectivity index (χ2n) is 4.12. The van der Waals surface area contributed by atoms with Gasteiger partial charge in [0.15, 0.2) is 5.01 Å². The van der Waals surface area contributed by atoms with Crippen LogP contribution in [0.3, 0.4) is 0 Å². The average Bonchev–Trinajstić information content (AvgIpc) is 2.79. The van der Waals surface area contributed by atoms with Gasteiger partial charge in [0.1, 0.15) is 17.4 Å². The summed E-state index contributed by atoms with van der Waals surface area (Å²) in [6.45, 7) is 2.00. The minimum Gasteiger partial charge on any atom is -0.476 e. The second kappa shape index (κ2) is 3.99. The summed E-state index contributed by atoms with van der Waals surface area (Å²) in [5.41, 5.74) is 2.54. The molecule has 0 aliphatic carbocycles. The molecule has 1 aromatic carbocycles. The van der Waals surface area contributed by atoms with Gasteiger partial charge < -0.3 is 9.47 Å². The molecular weight excluding hydrogens is 352 g/mol. The van der Waals surface area contributed by atoms with Gasteiger partial charge in [-0.3, -0.25) is 0 Å². The molecule has 2 heterocycles. The Morgan fingerprint density at radius 3 is 2.65 bits per heavy atom. The van der Waals surface area contributed by atoms with Crippen molar-refractivity contribution in [2.75, 3.05) is 0 Å². The molecule has 0 fully saturated rings. The number of esters is 1. The van der Waals surface area contributed by atoms with Crippen LogP contribution in [0.1, 0.15) is 45.8 Å². The van der Waals surface area contributed by atoms with Crippen molar-refractivity contribution >= 4 is 37.8 Å². The summed E-state index contributed by atoms with van der Waals surface area (Å²) in [5.74, 6) is 0.386. The Kier molecular flexibility index (Phi) is 2.70. The smallest absolute Gasteiger partial charge is 0.342 e. The molecule has 3 atom stereocenters. The van der Waals surface area contributed by atoms with Crippen LogP contribution >= 0.6 is 31.9 Å². The van der Waals surface area contributed by atoms with Gasteiger partial charge in [0.25, 0.3) is 0 Å². The van der Waals surface area contributed by atoms with Gasteiger partial charge >= 0.3 is 5.97 Å². The van der Waals surface area contributed by atoms with Gasteiger partial charge in [-0.1, -0.05) is 35.0 Å². The van der Waals surface area contributed by atoms with Crippen molar-refractivity contribution in [1.82, 2.24) is 0 Å². The summed E-state index contributed by atoms with van der Waals surface area (Å²) >= 11 is 6.96. The SMILES string of the molecule is CC[C@H]1OC(=O)c2c1ccc1c2O[C@H](Br)[C@H]1Br. The summed E-state index contributed by atoms with van der Waals surface area (Å²) in [6, 6.07) is 3.97. The minimum absolute atomic E-state index is 0.0660. The molecule has 1 aromatic rings. The maximum Gasteiger partial charge on any atom is 0.342 e. The van der Waals surface area contributed by atoms with Crippen LogP contribution < -0.4 is 4.74 Å². The third kappa shape index (κ3) is 1.55. The molecule has 0 bridgehead atoms. The quantitative estimate of drug-likeness (QED) is 0.562. The molecule has 0 spiro atoms. The molecule has 17 heavy (non-hydrogen) atoms. The van der Waals surface area contributed by atoms with Crippen LogP contribution in [0.2, 0.25) is 0 Å². The highest BCUT2D eigenvalue weighted by molar-refractivity contribution is 9.12. The highest BCUT2D eigenvalue weighted by atomic mass is 79.9. The highest BCUT2D eigenvalue weighted by Crippen LogP contribution is 2.50. The van der Waals surface area contributed by atoms with Gasteiger partial charge in [-0.25, -0.2) is 4.79 Å². The van der Waals surface area contributed by atoms with Crippen LogP contribution in [0.25, 0.3) is 0 Å². The Balaban J connectivity index is 2.18. The Hall–Kier alpha value is -0.550. The fourth-order valence-corrected chi connectivity index (χ4v) is 3.25. The zero-order chi connectivity index (χ0) is 12.2. The van der Waals surface area contributed by atoms with Crippen LogP contribution in [0.15, 0.2) is 12.1 Å². The summed E-state index contributed by atoms with van der Waals surface area (Å²) in [4.78, 5) is 11.9. The molecule has 2 aliphatic heterocycles. The van der Waals surface area contributed by atoms with E-state index in [9.17, 15) is 4.79 Å². The predicted octanol–water partition coefficient (Wildman–Crippen LogP) is 3.86. The molecule has 0 amide bonds. The Labute approximate surface area is 116 Å². The number of halogens is 2. The van der Waals surface area contributed by atoms with Crippen molar-refractivity contribution < 1.29 is 14.3 Å². The molecule has 0 N–H and O–H groups in total. The number of benzene rings is 1. The predicted molar refractivity (Wildman–Crippen MR) is 69.9 cm³/mol. The topological polar surface area (TPSA) is 35.5 Å². The zero-order valence-electron chi connectivity index (χ0n) is 9.07. The molecule has 0 radical (unpaired) electrons. The first kappa shape index (κ1) is 11.5. The van der Waals surface area contributed by atoms with E-state index in [0.717, 1.165) is 17.5 Å². The van der Waals surface area contributed by atoms with E-state index < -0.39 is 0 Å². The summed E-state index contributed by atoms with van der Waals surface area (Å²) in [6.07, 6.45) is 0.655. The number of hydrogen-bond donors (Lipinski definition) is 0. The standard InChI is InChI=1S/C12H10Br2O3/c1-2-7-5-3-4-6-9(13)11(14)17-10(6)8(5)12(15)16-7/h3-4,7,9,11H,2H2,1H3/t7-,9+,11+/m1/s1. The lowest BCUT2D eigenvalue weighted by Gasteiger charge is -2.07. The molecule has 0 unspecified atom stereocenters. The number of cyclic esters (lactones) is 1. The van der Waals surface area contributed by atoms with Crippen molar-refractivity contribution in [2.24, 2.45) is 0 Å². The number of hydrogen-bond acceptors (Lipinski definition) is 3. The molecule has 5 heteroatoms.